The maximum Gasteiger partial charge on any atom is 0.407 e. The molecule has 2 aromatic rings. The second-order valence-electron chi connectivity index (χ2n) is 10.5. The normalized spacial score (nSPS) is 21.3. The third-order valence-electron chi connectivity index (χ3n) is 8.08. The molecule has 0 heterocycles. The molecule has 0 bridgehead atoms. The Kier molecular flexibility index (Phi) is 9.22. The number of methoxy groups -OCH3 is 3. The Bertz CT molecular complexity index is 1140. The smallest absolute Gasteiger partial charge is 0.407 e. The average molecular weight is 541 g/mol. The van der Waals surface area contributed by atoms with Gasteiger partial charge in [0, 0.05) is 17.3 Å². The minimum Gasteiger partial charge on any atom is -0.496 e. The van der Waals surface area contributed by atoms with Crippen LogP contribution in [0.1, 0.15) is 62.5 Å². The monoisotopic (exact) mass is 540 g/mol. The molecule has 39 heavy (non-hydrogen) atoms. The highest BCUT2D eigenvalue weighted by molar-refractivity contribution is 5.84. The van der Waals surface area contributed by atoms with Crippen molar-refractivity contribution in [1.82, 2.24) is 5.32 Å². The standard InChI is InChI=1S/C30H40N2O7/c1-19-26(36-2)16-20(17-27(19)37-3)25-10-9-23(15-21(25)18-39-24-7-5-6-8-24)32-30(28(33)34)13-11-22(12-14-30)31-29(35)38-4/h9-10,15-17,22,24,32H,5-8,11-14,18H2,1-4H3,(H,31,35)(H,33,34). The van der Waals surface area contributed by atoms with Crippen LogP contribution >= 0.6 is 0 Å². The highest BCUT2D eigenvalue weighted by Crippen LogP contribution is 2.38. The van der Waals surface area contributed by atoms with Gasteiger partial charge in [-0.3, -0.25) is 0 Å². The number of carbonyl (C=O) groups is 2. The van der Waals surface area contributed by atoms with Crippen LogP contribution in [0.3, 0.4) is 0 Å². The predicted molar refractivity (Wildman–Crippen MR) is 149 cm³/mol. The Hall–Kier alpha value is -3.46. The molecule has 9 nitrogen and oxygen atoms in total. The lowest BCUT2D eigenvalue weighted by atomic mass is 9.79. The molecule has 2 aliphatic rings. The van der Waals surface area contributed by atoms with E-state index in [1.807, 2.05) is 37.3 Å². The first kappa shape index (κ1) is 28.5. The molecule has 4 rings (SSSR count). The number of amides is 1. The Morgan fingerprint density at radius 3 is 2.18 bits per heavy atom. The zero-order chi connectivity index (χ0) is 28.0. The minimum absolute atomic E-state index is 0.115. The van der Waals surface area contributed by atoms with Crippen LogP contribution in [0.15, 0.2) is 30.3 Å². The molecule has 0 atom stereocenters. The quantitative estimate of drug-likeness (QED) is 0.353. The van der Waals surface area contributed by atoms with Crippen molar-refractivity contribution in [3.8, 4) is 22.6 Å². The molecule has 2 aliphatic carbocycles. The number of hydrogen-bond donors (Lipinski definition) is 3. The molecule has 0 aliphatic heterocycles. The lowest BCUT2D eigenvalue weighted by molar-refractivity contribution is -0.143. The summed E-state index contributed by atoms with van der Waals surface area (Å²) in [6.45, 7) is 2.37. The zero-order valence-corrected chi connectivity index (χ0v) is 23.3. The largest absolute Gasteiger partial charge is 0.496 e. The molecule has 212 valence electrons. The average Bonchev–Trinajstić information content (AvgIpc) is 3.47. The number of carboxylic acids is 1. The molecule has 2 saturated carbocycles. The van der Waals surface area contributed by atoms with Gasteiger partial charge in [-0.2, -0.15) is 0 Å². The number of carboxylic acid groups (broad SMARTS) is 1. The van der Waals surface area contributed by atoms with Crippen LogP contribution in [0.25, 0.3) is 11.1 Å². The van der Waals surface area contributed by atoms with E-state index in [1.165, 1.54) is 20.0 Å². The topological polar surface area (TPSA) is 115 Å². The third-order valence-corrected chi connectivity index (χ3v) is 8.08. The summed E-state index contributed by atoms with van der Waals surface area (Å²) in [4.78, 5) is 24.1. The highest BCUT2D eigenvalue weighted by atomic mass is 16.5. The molecule has 3 N–H and O–H groups in total. The van der Waals surface area contributed by atoms with Gasteiger partial charge in [0.05, 0.1) is 34.0 Å². The summed E-state index contributed by atoms with van der Waals surface area (Å²) in [5.41, 5.74) is 3.39. The Morgan fingerprint density at radius 2 is 1.62 bits per heavy atom. The number of alkyl carbamates (subject to hydrolysis) is 1. The Labute approximate surface area is 230 Å². The van der Waals surface area contributed by atoms with Crippen molar-refractivity contribution in [2.75, 3.05) is 26.6 Å². The lowest BCUT2D eigenvalue weighted by Crippen LogP contribution is -2.52. The molecular formula is C30H40N2O7. The van der Waals surface area contributed by atoms with Gasteiger partial charge in [-0.05, 0) is 86.4 Å². The number of benzene rings is 2. The van der Waals surface area contributed by atoms with Gasteiger partial charge in [-0.15, -0.1) is 0 Å². The van der Waals surface area contributed by atoms with Gasteiger partial charge >= 0.3 is 12.1 Å². The van der Waals surface area contributed by atoms with Crippen LogP contribution in [0, 0.1) is 6.92 Å². The van der Waals surface area contributed by atoms with Gasteiger partial charge in [-0.25, -0.2) is 9.59 Å². The number of carbonyl (C=O) groups excluding carboxylic acids is 1. The summed E-state index contributed by atoms with van der Waals surface area (Å²) < 4.78 is 22.2. The van der Waals surface area contributed by atoms with Gasteiger partial charge < -0.3 is 34.7 Å². The highest BCUT2D eigenvalue weighted by Gasteiger charge is 2.42. The van der Waals surface area contributed by atoms with Gasteiger partial charge in [0.25, 0.3) is 0 Å². The number of nitrogens with one attached hydrogen (secondary N) is 2. The summed E-state index contributed by atoms with van der Waals surface area (Å²) in [5, 5.41) is 16.4. The van der Waals surface area contributed by atoms with Crippen LogP contribution in [0.4, 0.5) is 10.5 Å². The maximum atomic E-state index is 12.5. The van der Waals surface area contributed by atoms with Gasteiger partial charge in [-0.1, -0.05) is 18.9 Å². The first-order valence-corrected chi connectivity index (χ1v) is 13.6. The molecule has 0 aromatic heterocycles. The van der Waals surface area contributed by atoms with Crippen molar-refractivity contribution >= 4 is 17.7 Å². The first-order chi connectivity index (χ1) is 18.8. The first-order valence-electron chi connectivity index (χ1n) is 13.6. The van der Waals surface area contributed by atoms with Crippen molar-refractivity contribution in [2.45, 2.75) is 82.6 Å². The molecule has 2 aromatic carbocycles. The number of anilines is 1. The van der Waals surface area contributed by atoms with Gasteiger partial charge in [0.1, 0.15) is 17.0 Å². The zero-order valence-electron chi connectivity index (χ0n) is 23.3. The fraction of sp³-hybridized carbons (Fsp3) is 0.533. The molecule has 0 unspecified atom stereocenters. The van der Waals surface area contributed by atoms with E-state index in [9.17, 15) is 14.7 Å². The van der Waals surface area contributed by atoms with E-state index in [2.05, 4.69) is 10.6 Å². The van der Waals surface area contributed by atoms with Crippen molar-refractivity contribution in [3.05, 3.63) is 41.5 Å². The third kappa shape index (κ3) is 6.58. The predicted octanol–water partition coefficient (Wildman–Crippen LogP) is 5.67. The number of rotatable bonds is 10. The second-order valence-corrected chi connectivity index (χ2v) is 10.5. The van der Waals surface area contributed by atoms with E-state index in [1.54, 1.807) is 14.2 Å². The number of aliphatic carboxylic acids is 1. The number of hydrogen-bond acceptors (Lipinski definition) is 7. The van der Waals surface area contributed by atoms with Gasteiger partial charge in [0.15, 0.2) is 0 Å². The van der Waals surface area contributed by atoms with Crippen LogP contribution < -0.4 is 20.1 Å². The van der Waals surface area contributed by atoms with E-state index < -0.39 is 17.6 Å². The summed E-state index contributed by atoms with van der Waals surface area (Å²) in [6.07, 6.45) is 6.03. The van der Waals surface area contributed by atoms with Crippen LogP contribution in [0.5, 0.6) is 11.5 Å². The molecule has 1 amide bonds. The van der Waals surface area contributed by atoms with E-state index in [-0.39, 0.29) is 12.1 Å². The second kappa shape index (κ2) is 12.6. The maximum absolute atomic E-state index is 12.5. The van der Waals surface area contributed by atoms with E-state index in [0.717, 1.165) is 52.3 Å². The fourth-order valence-corrected chi connectivity index (χ4v) is 5.73. The lowest BCUT2D eigenvalue weighted by Gasteiger charge is -2.38. The van der Waals surface area contributed by atoms with E-state index in [4.69, 9.17) is 18.9 Å². The van der Waals surface area contributed by atoms with E-state index in [0.29, 0.717) is 32.3 Å². The van der Waals surface area contributed by atoms with E-state index >= 15 is 0 Å². The molecule has 2 fully saturated rings. The van der Waals surface area contributed by atoms with Crippen LogP contribution in [0.2, 0.25) is 0 Å². The summed E-state index contributed by atoms with van der Waals surface area (Å²) >= 11 is 0. The van der Waals surface area contributed by atoms with Gasteiger partial charge in [0.2, 0.25) is 0 Å². The molecule has 9 heteroatoms. The fourth-order valence-electron chi connectivity index (χ4n) is 5.73. The summed E-state index contributed by atoms with van der Waals surface area (Å²) in [7, 11) is 4.61. The van der Waals surface area contributed by atoms with Crippen molar-refractivity contribution in [3.63, 3.8) is 0 Å². The van der Waals surface area contributed by atoms with Crippen molar-refractivity contribution in [1.29, 1.82) is 0 Å². The summed E-state index contributed by atoms with van der Waals surface area (Å²) in [5.74, 6) is 0.563. The minimum atomic E-state index is -1.13. The summed E-state index contributed by atoms with van der Waals surface area (Å²) in [6, 6.07) is 9.78. The van der Waals surface area contributed by atoms with Crippen molar-refractivity contribution < 1.29 is 33.6 Å². The van der Waals surface area contributed by atoms with Crippen molar-refractivity contribution in [2.24, 2.45) is 0 Å². The molecule has 0 saturated heterocycles. The SMILES string of the molecule is COC(=O)NC1CCC(Nc2ccc(-c3cc(OC)c(C)c(OC)c3)c(COC3CCCC3)c2)(C(=O)O)CC1. The Morgan fingerprint density at radius 1 is 0.974 bits per heavy atom. The molecule has 0 spiro atoms. The number of ether oxygens (including phenoxy) is 4. The van der Waals surface area contributed by atoms with Crippen LogP contribution in [-0.4, -0.2) is 56.2 Å². The van der Waals surface area contributed by atoms with Crippen LogP contribution in [-0.2, 0) is 20.9 Å². The Balaban J connectivity index is 1.63. The molecular weight excluding hydrogens is 500 g/mol. The molecule has 0 radical (unpaired) electrons.